The van der Waals surface area contributed by atoms with Crippen LogP contribution in [0.4, 0.5) is 0 Å². The Morgan fingerprint density at radius 1 is 1.06 bits per heavy atom. The van der Waals surface area contributed by atoms with Crippen molar-refractivity contribution in [1.29, 1.82) is 0 Å². The van der Waals surface area contributed by atoms with Gasteiger partial charge in [-0.05, 0) is 35.2 Å². The Kier molecular flexibility index (Phi) is 4.98. The van der Waals surface area contributed by atoms with Gasteiger partial charge in [-0.2, -0.15) is 0 Å². The normalized spacial score (nSPS) is 14.9. The lowest BCUT2D eigenvalue weighted by Gasteiger charge is -2.26. The highest BCUT2D eigenvalue weighted by molar-refractivity contribution is 7.10. The van der Waals surface area contributed by atoms with Crippen LogP contribution in [0.3, 0.4) is 0 Å². The van der Waals surface area contributed by atoms with E-state index in [0.717, 1.165) is 6.42 Å². The summed E-state index contributed by atoms with van der Waals surface area (Å²) in [5, 5.41) is 8.16. The van der Waals surface area contributed by atoms with Crippen LogP contribution in [-0.2, 0) is 0 Å². The van der Waals surface area contributed by atoms with Crippen LogP contribution in [0, 0.1) is 5.92 Å². The number of hydrogen-bond acceptors (Lipinski definition) is 3. The molecule has 3 heteroatoms. The molecule has 2 rings (SSSR count). The van der Waals surface area contributed by atoms with Gasteiger partial charge in [0.05, 0.1) is 0 Å². The molecular formula is C15H21NS2. The molecular weight excluding hydrogens is 258 g/mol. The monoisotopic (exact) mass is 279 g/mol. The molecule has 0 aliphatic carbocycles. The second-order valence-electron chi connectivity index (χ2n) is 4.88. The first kappa shape index (κ1) is 13.8. The molecule has 1 nitrogen and oxygen atoms in total. The zero-order valence-corrected chi connectivity index (χ0v) is 12.9. The van der Waals surface area contributed by atoms with Crippen molar-refractivity contribution in [3.63, 3.8) is 0 Å². The second kappa shape index (κ2) is 6.50. The van der Waals surface area contributed by atoms with Gasteiger partial charge >= 0.3 is 0 Å². The molecule has 0 amide bonds. The van der Waals surface area contributed by atoms with Gasteiger partial charge in [0.15, 0.2) is 0 Å². The van der Waals surface area contributed by atoms with Crippen LogP contribution in [0.15, 0.2) is 35.0 Å². The fourth-order valence-electron chi connectivity index (χ4n) is 2.18. The average molecular weight is 279 g/mol. The molecule has 0 fully saturated rings. The zero-order valence-electron chi connectivity index (χ0n) is 11.2. The van der Waals surface area contributed by atoms with Crippen molar-refractivity contribution in [2.45, 2.75) is 39.3 Å². The highest BCUT2D eigenvalue weighted by atomic mass is 32.1. The highest BCUT2D eigenvalue weighted by Crippen LogP contribution is 2.31. The Bertz CT molecular complexity index is 431. The molecule has 0 aliphatic rings. The molecule has 0 spiro atoms. The summed E-state index contributed by atoms with van der Waals surface area (Å²) >= 11 is 3.70. The van der Waals surface area contributed by atoms with Gasteiger partial charge in [-0.15, -0.1) is 22.7 Å². The fourth-order valence-corrected chi connectivity index (χ4v) is 4.01. The van der Waals surface area contributed by atoms with Crippen molar-refractivity contribution in [1.82, 2.24) is 5.32 Å². The minimum absolute atomic E-state index is 0.456. The summed E-state index contributed by atoms with van der Waals surface area (Å²) in [6.45, 7) is 6.83. The maximum Gasteiger partial charge on any atom is 0.0443 e. The predicted octanol–water partition coefficient (Wildman–Crippen LogP) is 5.25. The summed E-state index contributed by atoms with van der Waals surface area (Å²) in [7, 11) is 0. The highest BCUT2D eigenvalue weighted by Gasteiger charge is 2.21. The molecule has 2 heterocycles. The van der Waals surface area contributed by atoms with Crippen LogP contribution >= 0.6 is 22.7 Å². The van der Waals surface area contributed by atoms with E-state index in [2.05, 4.69) is 61.1 Å². The van der Waals surface area contributed by atoms with Crippen LogP contribution < -0.4 is 5.32 Å². The molecule has 0 bridgehead atoms. The van der Waals surface area contributed by atoms with Gasteiger partial charge in [-0.25, -0.2) is 0 Å². The van der Waals surface area contributed by atoms with Crippen LogP contribution in [0.25, 0.3) is 0 Å². The van der Waals surface area contributed by atoms with E-state index in [4.69, 9.17) is 0 Å². The molecule has 0 saturated carbocycles. The van der Waals surface area contributed by atoms with E-state index in [1.54, 1.807) is 0 Å². The quantitative estimate of drug-likeness (QED) is 0.761. The molecule has 0 aromatic carbocycles. The Balaban J connectivity index is 2.13. The number of rotatable bonds is 6. The van der Waals surface area contributed by atoms with E-state index in [0.29, 0.717) is 18.0 Å². The summed E-state index contributed by atoms with van der Waals surface area (Å²) < 4.78 is 0. The molecule has 0 radical (unpaired) electrons. The van der Waals surface area contributed by atoms with Crippen molar-refractivity contribution in [3.8, 4) is 0 Å². The minimum Gasteiger partial charge on any atom is -0.301 e. The zero-order chi connectivity index (χ0) is 13.0. The molecule has 0 saturated heterocycles. The number of nitrogens with one attached hydrogen (secondary N) is 1. The molecule has 0 aliphatic heterocycles. The number of thiophene rings is 2. The standard InChI is InChI=1S/C15H21NS2/c1-4-12(13-7-5-9-17-13)16-15(11(2)3)14-8-6-10-18-14/h5-12,15-16H,4H2,1-3H3. The summed E-state index contributed by atoms with van der Waals surface area (Å²) in [5.41, 5.74) is 0. The lowest BCUT2D eigenvalue weighted by molar-refractivity contribution is 0.364. The fraction of sp³-hybridized carbons (Fsp3) is 0.467. The largest absolute Gasteiger partial charge is 0.301 e. The van der Waals surface area contributed by atoms with Crippen LogP contribution in [0.1, 0.15) is 49.0 Å². The smallest absolute Gasteiger partial charge is 0.0443 e. The van der Waals surface area contributed by atoms with Gasteiger partial charge < -0.3 is 5.32 Å². The van der Waals surface area contributed by atoms with Crippen LogP contribution in [0.2, 0.25) is 0 Å². The van der Waals surface area contributed by atoms with Crippen molar-refractivity contribution >= 4 is 22.7 Å². The van der Waals surface area contributed by atoms with E-state index in [1.165, 1.54) is 9.75 Å². The SMILES string of the molecule is CCC(NC(c1cccs1)C(C)C)c1cccs1. The van der Waals surface area contributed by atoms with E-state index >= 15 is 0 Å². The van der Waals surface area contributed by atoms with Gasteiger partial charge in [-0.1, -0.05) is 32.9 Å². The molecule has 2 aromatic rings. The third-order valence-electron chi connectivity index (χ3n) is 3.19. The lowest BCUT2D eigenvalue weighted by Crippen LogP contribution is -2.28. The van der Waals surface area contributed by atoms with Gasteiger partial charge in [0.1, 0.15) is 0 Å². The molecule has 2 unspecified atom stereocenters. The second-order valence-corrected chi connectivity index (χ2v) is 6.84. The van der Waals surface area contributed by atoms with Gasteiger partial charge in [0.2, 0.25) is 0 Å². The number of hydrogen-bond donors (Lipinski definition) is 1. The first-order valence-electron chi connectivity index (χ1n) is 6.55. The van der Waals surface area contributed by atoms with E-state index < -0.39 is 0 Å². The molecule has 18 heavy (non-hydrogen) atoms. The van der Waals surface area contributed by atoms with Crippen molar-refractivity contribution in [2.75, 3.05) is 0 Å². The Morgan fingerprint density at radius 2 is 1.67 bits per heavy atom. The Labute approximate surface area is 118 Å². The van der Waals surface area contributed by atoms with Crippen molar-refractivity contribution in [2.24, 2.45) is 5.92 Å². The summed E-state index contributed by atoms with van der Waals surface area (Å²) in [6.07, 6.45) is 1.13. The maximum atomic E-state index is 3.83. The van der Waals surface area contributed by atoms with E-state index in [1.807, 2.05) is 22.7 Å². The van der Waals surface area contributed by atoms with Crippen LogP contribution in [0.5, 0.6) is 0 Å². The molecule has 2 aromatic heterocycles. The lowest BCUT2D eigenvalue weighted by atomic mass is 10.0. The Morgan fingerprint density at radius 3 is 2.11 bits per heavy atom. The van der Waals surface area contributed by atoms with Gasteiger partial charge in [-0.3, -0.25) is 0 Å². The maximum absolute atomic E-state index is 3.83. The average Bonchev–Trinajstić information content (AvgIpc) is 3.02. The van der Waals surface area contributed by atoms with Gasteiger partial charge in [0.25, 0.3) is 0 Å². The minimum atomic E-state index is 0.456. The first-order valence-corrected chi connectivity index (χ1v) is 8.31. The third-order valence-corrected chi connectivity index (χ3v) is 5.13. The van der Waals surface area contributed by atoms with Crippen molar-refractivity contribution in [3.05, 3.63) is 44.8 Å². The topological polar surface area (TPSA) is 12.0 Å². The summed E-state index contributed by atoms with van der Waals surface area (Å²) in [6, 6.07) is 9.68. The molecule has 2 atom stereocenters. The molecule has 98 valence electrons. The van der Waals surface area contributed by atoms with Crippen LogP contribution in [-0.4, -0.2) is 0 Å². The Hall–Kier alpha value is -0.640. The van der Waals surface area contributed by atoms with E-state index in [9.17, 15) is 0 Å². The first-order chi connectivity index (χ1) is 8.72. The summed E-state index contributed by atoms with van der Waals surface area (Å²) in [5.74, 6) is 0.609. The summed E-state index contributed by atoms with van der Waals surface area (Å²) in [4.78, 5) is 2.89. The van der Waals surface area contributed by atoms with Gasteiger partial charge in [0, 0.05) is 21.8 Å². The predicted molar refractivity (Wildman–Crippen MR) is 82.4 cm³/mol. The van der Waals surface area contributed by atoms with E-state index in [-0.39, 0.29) is 0 Å². The third kappa shape index (κ3) is 3.22. The van der Waals surface area contributed by atoms with Crippen molar-refractivity contribution < 1.29 is 0 Å². The molecule has 1 N–H and O–H groups in total.